The van der Waals surface area contributed by atoms with Gasteiger partial charge in [-0.3, -0.25) is 9.69 Å². The number of rotatable bonds is 6. The Balaban J connectivity index is 1.49. The number of nitrogens with one attached hydrogen (secondary N) is 1. The largest absolute Gasteiger partial charge is 0.481 e. The van der Waals surface area contributed by atoms with Gasteiger partial charge in [0.25, 0.3) is 5.91 Å². The summed E-state index contributed by atoms with van der Waals surface area (Å²) in [5, 5.41) is 3.16. The van der Waals surface area contributed by atoms with Gasteiger partial charge in [-0.05, 0) is 50.9 Å². The summed E-state index contributed by atoms with van der Waals surface area (Å²) >= 11 is 0. The molecule has 0 radical (unpaired) electrons. The van der Waals surface area contributed by atoms with Gasteiger partial charge in [-0.25, -0.2) is 0 Å². The maximum absolute atomic E-state index is 12.5. The third-order valence-electron chi connectivity index (χ3n) is 4.80. The quantitative estimate of drug-likeness (QED) is 0.864. The van der Waals surface area contributed by atoms with E-state index in [9.17, 15) is 4.79 Å². The van der Waals surface area contributed by atoms with Gasteiger partial charge in [0.05, 0.1) is 0 Å². The lowest BCUT2D eigenvalue weighted by Gasteiger charge is -2.33. The minimum Gasteiger partial charge on any atom is -0.481 e. The van der Waals surface area contributed by atoms with Crippen LogP contribution in [0.2, 0.25) is 0 Å². The Hall–Kier alpha value is -2.33. The molecule has 2 unspecified atom stereocenters. The minimum atomic E-state index is -0.498. The zero-order valence-electron chi connectivity index (χ0n) is 15.7. The molecule has 0 bridgehead atoms. The van der Waals surface area contributed by atoms with Crippen LogP contribution in [0.4, 0.5) is 0 Å². The molecule has 0 aromatic heterocycles. The van der Waals surface area contributed by atoms with Gasteiger partial charge in [-0.1, -0.05) is 48.0 Å². The average Bonchev–Trinajstić information content (AvgIpc) is 2.65. The van der Waals surface area contributed by atoms with Crippen molar-refractivity contribution in [1.82, 2.24) is 10.2 Å². The van der Waals surface area contributed by atoms with Crippen LogP contribution in [-0.2, 0) is 11.3 Å². The van der Waals surface area contributed by atoms with Crippen molar-refractivity contribution < 1.29 is 9.53 Å². The van der Waals surface area contributed by atoms with E-state index >= 15 is 0 Å². The Morgan fingerprint density at radius 3 is 2.65 bits per heavy atom. The fourth-order valence-electron chi connectivity index (χ4n) is 3.35. The SMILES string of the molecule is Cc1ccc(OC(C)C(=O)NC2CCCN(Cc3ccccc3)C2)cc1. The number of carbonyl (C=O) groups excluding carboxylic acids is 1. The number of aryl methyl sites for hydroxylation is 1. The predicted octanol–water partition coefficient (Wildman–Crippen LogP) is 3.54. The van der Waals surface area contributed by atoms with Crippen LogP contribution in [0.15, 0.2) is 54.6 Å². The number of amides is 1. The topological polar surface area (TPSA) is 41.6 Å². The third kappa shape index (κ3) is 5.33. The van der Waals surface area contributed by atoms with E-state index in [-0.39, 0.29) is 11.9 Å². The molecule has 1 aliphatic heterocycles. The summed E-state index contributed by atoms with van der Waals surface area (Å²) < 4.78 is 5.77. The first-order valence-electron chi connectivity index (χ1n) is 9.40. The van der Waals surface area contributed by atoms with Crippen molar-refractivity contribution in [2.75, 3.05) is 13.1 Å². The average molecular weight is 352 g/mol. The summed E-state index contributed by atoms with van der Waals surface area (Å²) in [6.45, 7) is 6.74. The first kappa shape index (κ1) is 18.5. The summed E-state index contributed by atoms with van der Waals surface area (Å²) in [5.41, 5.74) is 2.49. The maximum atomic E-state index is 12.5. The van der Waals surface area contributed by atoms with Crippen molar-refractivity contribution in [1.29, 1.82) is 0 Å². The number of hydrogen-bond donors (Lipinski definition) is 1. The Morgan fingerprint density at radius 2 is 1.92 bits per heavy atom. The van der Waals surface area contributed by atoms with Crippen LogP contribution in [-0.4, -0.2) is 36.0 Å². The highest BCUT2D eigenvalue weighted by Gasteiger charge is 2.24. The standard InChI is InChI=1S/C22H28N2O2/c1-17-10-12-21(13-11-17)26-18(2)22(25)23-20-9-6-14-24(16-20)15-19-7-4-3-5-8-19/h3-5,7-8,10-13,18,20H,6,9,14-16H2,1-2H3,(H,23,25). The van der Waals surface area contributed by atoms with Crippen molar-refractivity contribution in [2.45, 2.75) is 45.4 Å². The molecule has 2 aromatic carbocycles. The van der Waals surface area contributed by atoms with Gasteiger partial charge in [-0.15, -0.1) is 0 Å². The molecule has 4 heteroatoms. The van der Waals surface area contributed by atoms with Crippen LogP contribution in [0.5, 0.6) is 5.75 Å². The van der Waals surface area contributed by atoms with Gasteiger partial charge in [0.15, 0.2) is 6.10 Å². The molecule has 0 saturated carbocycles. The van der Waals surface area contributed by atoms with Crippen molar-refractivity contribution in [2.24, 2.45) is 0 Å². The molecule has 2 aromatic rings. The molecule has 1 amide bonds. The van der Waals surface area contributed by atoms with Gasteiger partial charge in [0.2, 0.25) is 0 Å². The first-order chi connectivity index (χ1) is 12.6. The zero-order chi connectivity index (χ0) is 18.4. The van der Waals surface area contributed by atoms with E-state index in [1.165, 1.54) is 11.1 Å². The van der Waals surface area contributed by atoms with Gasteiger partial charge >= 0.3 is 0 Å². The molecule has 0 spiro atoms. The molecule has 1 saturated heterocycles. The van der Waals surface area contributed by atoms with Crippen LogP contribution >= 0.6 is 0 Å². The Morgan fingerprint density at radius 1 is 1.19 bits per heavy atom. The van der Waals surface area contributed by atoms with E-state index in [2.05, 4.69) is 34.5 Å². The van der Waals surface area contributed by atoms with E-state index in [4.69, 9.17) is 4.74 Å². The van der Waals surface area contributed by atoms with E-state index in [1.807, 2.05) is 37.3 Å². The van der Waals surface area contributed by atoms with E-state index < -0.39 is 6.10 Å². The molecule has 1 heterocycles. The molecule has 4 nitrogen and oxygen atoms in total. The van der Waals surface area contributed by atoms with Crippen LogP contribution in [0.3, 0.4) is 0 Å². The van der Waals surface area contributed by atoms with Gasteiger partial charge in [-0.2, -0.15) is 0 Å². The second kappa shape index (κ2) is 8.86. The third-order valence-corrected chi connectivity index (χ3v) is 4.80. The fourth-order valence-corrected chi connectivity index (χ4v) is 3.35. The van der Waals surface area contributed by atoms with Gasteiger partial charge < -0.3 is 10.1 Å². The lowest BCUT2D eigenvalue weighted by atomic mass is 10.0. The van der Waals surface area contributed by atoms with Crippen LogP contribution in [0, 0.1) is 6.92 Å². The molecule has 1 fully saturated rings. The monoisotopic (exact) mass is 352 g/mol. The van der Waals surface area contributed by atoms with Crippen LogP contribution < -0.4 is 10.1 Å². The van der Waals surface area contributed by atoms with Crippen molar-refractivity contribution >= 4 is 5.91 Å². The number of piperidine rings is 1. The predicted molar refractivity (Wildman–Crippen MR) is 104 cm³/mol. The van der Waals surface area contributed by atoms with E-state index in [0.29, 0.717) is 0 Å². The van der Waals surface area contributed by atoms with Crippen molar-refractivity contribution in [3.8, 4) is 5.75 Å². The Labute approximate surface area is 156 Å². The summed E-state index contributed by atoms with van der Waals surface area (Å²) in [7, 11) is 0. The van der Waals surface area contributed by atoms with Crippen LogP contribution in [0.1, 0.15) is 30.9 Å². The van der Waals surface area contributed by atoms with E-state index in [0.717, 1.165) is 38.2 Å². The molecule has 0 aliphatic carbocycles. The zero-order valence-corrected chi connectivity index (χ0v) is 15.7. The fraction of sp³-hybridized carbons (Fsp3) is 0.409. The number of carbonyl (C=O) groups is 1. The Kier molecular flexibility index (Phi) is 6.29. The molecule has 2 atom stereocenters. The summed E-state index contributed by atoms with van der Waals surface area (Å²) in [6.07, 6.45) is 1.63. The highest BCUT2D eigenvalue weighted by molar-refractivity contribution is 5.81. The molecule has 3 rings (SSSR count). The normalized spacial score (nSPS) is 18.9. The lowest BCUT2D eigenvalue weighted by Crippen LogP contribution is -2.50. The molecule has 1 aliphatic rings. The second-order valence-corrected chi connectivity index (χ2v) is 7.14. The van der Waals surface area contributed by atoms with Crippen molar-refractivity contribution in [3.63, 3.8) is 0 Å². The van der Waals surface area contributed by atoms with Crippen molar-refractivity contribution in [3.05, 3.63) is 65.7 Å². The van der Waals surface area contributed by atoms with Gasteiger partial charge in [0, 0.05) is 19.1 Å². The number of ether oxygens (including phenoxy) is 1. The van der Waals surface area contributed by atoms with Crippen LogP contribution in [0.25, 0.3) is 0 Å². The lowest BCUT2D eigenvalue weighted by molar-refractivity contribution is -0.128. The number of likely N-dealkylation sites (tertiary alicyclic amines) is 1. The summed E-state index contributed by atoms with van der Waals surface area (Å²) in [5.74, 6) is 0.685. The summed E-state index contributed by atoms with van der Waals surface area (Å²) in [4.78, 5) is 14.9. The number of benzene rings is 2. The summed E-state index contributed by atoms with van der Waals surface area (Å²) in [6, 6.07) is 18.5. The van der Waals surface area contributed by atoms with Gasteiger partial charge in [0.1, 0.15) is 5.75 Å². The first-order valence-corrected chi connectivity index (χ1v) is 9.40. The van der Waals surface area contributed by atoms with E-state index in [1.54, 1.807) is 6.92 Å². The number of hydrogen-bond acceptors (Lipinski definition) is 3. The maximum Gasteiger partial charge on any atom is 0.261 e. The molecule has 1 N–H and O–H groups in total. The number of nitrogens with zero attached hydrogens (tertiary/aromatic N) is 1. The minimum absolute atomic E-state index is 0.0443. The molecule has 138 valence electrons. The second-order valence-electron chi connectivity index (χ2n) is 7.14. The molecular weight excluding hydrogens is 324 g/mol. The highest BCUT2D eigenvalue weighted by Crippen LogP contribution is 2.16. The molecular formula is C22H28N2O2. The highest BCUT2D eigenvalue weighted by atomic mass is 16.5. The molecule has 26 heavy (non-hydrogen) atoms. The smallest absolute Gasteiger partial charge is 0.261 e. The Bertz CT molecular complexity index is 700.